The van der Waals surface area contributed by atoms with Crippen LogP contribution in [0.25, 0.3) is 0 Å². The highest BCUT2D eigenvalue weighted by molar-refractivity contribution is 5.81. The molecule has 0 aromatic carbocycles. The number of rotatable bonds is 5. The van der Waals surface area contributed by atoms with Crippen molar-refractivity contribution in [3.8, 4) is 0 Å². The number of guanidine groups is 1. The van der Waals surface area contributed by atoms with Gasteiger partial charge in [0.2, 0.25) is 5.91 Å². The maximum Gasteiger partial charge on any atom is 0.220 e. The van der Waals surface area contributed by atoms with E-state index in [0.717, 1.165) is 31.8 Å². The van der Waals surface area contributed by atoms with E-state index in [-0.39, 0.29) is 24.0 Å². The van der Waals surface area contributed by atoms with Gasteiger partial charge in [-0.3, -0.25) is 9.79 Å². The van der Waals surface area contributed by atoms with Crippen LogP contribution < -0.4 is 16.0 Å². The first-order chi connectivity index (χ1) is 10.7. The standard InChI is InChI=1S/C15H28N4O3/c1-2-16-14(19-12-3-4-13(21)17-9-12)18-10-15(11-20)5-7-22-8-6-15/h12,20H,2-11H2,1H3,(H,17,21)(H2,16,18,19). The maximum absolute atomic E-state index is 11.2. The Kier molecular flexibility index (Phi) is 6.45. The van der Waals surface area contributed by atoms with E-state index in [4.69, 9.17) is 4.74 Å². The van der Waals surface area contributed by atoms with Crippen LogP contribution in [0.3, 0.4) is 0 Å². The van der Waals surface area contributed by atoms with E-state index in [1.807, 2.05) is 6.92 Å². The lowest BCUT2D eigenvalue weighted by Crippen LogP contribution is -2.51. The third-order valence-electron chi connectivity index (χ3n) is 4.41. The Bertz CT molecular complexity index is 384. The van der Waals surface area contributed by atoms with Crippen molar-refractivity contribution < 1.29 is 14.6 Å². The van der Waals surface area contributed by atoms with E-state index in [0.29, 0.717) is 32.7 Å². The number of aliphatic hydroxyl groups is 1. The molecule has 2 aliphatic rings. The molecule has 1 amide bonds. The summed E-state index contributed by atoms with van der Waals surface area (Å²) in [5, 5.41) is 19.2. The molecule has 126 valence electrons. The summed E-state index contributed by atoms with van der Waals surface area (Å²) in [6.45, 7) is 5.53. The smallest absolute Gasteiger partial charge is 0.220 e. The van der Waals surface area contributed by atoms with Gasteiger partial charge in [0.15, 0.2) is 5.96 Å². The molecule has 0 aromatic rings. The van der Waals surface area contributed by atoms with Crippen LogP contribution >= 0.6 is 0 Å². The van der Waals surface area contributed by atoms with Crippen LogP contribution in [-0.2, 0) is 9.53 Å². The minimum absolute atomic E-state index is 0.112. The van der Waals surface area contributed by atoms with E-state index in [2.05, 4.69) is 20.9 Å². The van der Waals surface area contributed by atoms with Gasteiger partial charge in [-0.15, -0.1) is 0 Å². The quantitative estimate of drug-likeness (QED) is 0.410. The van der Waals surface area contributed by atoms with Gasteiger partial charge < -0.3 is 25.8 Å². The average Bonchev–Trinajstić information content (AvgIpc) is 2.56. The van der Waals surface area contributed by atoms with Crippen LogP contribution in [0.2, 0.25) is 0 Å². The number of hydrogen-bond donors (Lipinski definition) is 4. The predicted molar refractivity (Wildman–Crippen MR) is 84.7 cm³/mol. The average molecular weight is 312 g/mol. The number of nitrogens with zero attached hydrogens (tertiary/aromatic N) is 1. The molecule has 1 atom stereocenters. The molecule has 2 aliphatic heterocycles. The summed E-state index contributed by atoms with van der Waals surface area (Å²) in [6.07, 6.45) is 3.04. The van der Waals surface area contributed by atoms with E-state index in [9.17, 15) is 9.90 Å². The molecule has 0 aliphatic carbocycles. The fraction of sp³-hybridized carbons (Fsp3) is 0.867. The van der Waals surface area contributed by atoms with Crippen LogP contribution in [-0.4, -0.2) is 62.5 Å². The van der Waals surface area contributed by atoms with Crippen LogP contribution in [0, 0.1) is 5.41 Å². The molecule has 0 radical (unpaired) electrons. The SMILES string of the molecule is CCNC(=NCC1(CO)CCOCC1)NC1CCC(=O)NC1. The Labute approximate surface area is 131 Å². The minimum atomic E-state index is -0.165. The molecule has 0 aromatic heterocycles. The maximum atomic E-state index is 11.2. The zero-order valence-corrected chi connectivity index (χ0v) is 13.4. The summed E-state index contributed by atoms with van der Waals surface area (Å²) in [4.78, 5) is 15.9. The molecule has 4 N–H and O–H groups in total. The van der Waals surface area contributed by atoms with Crippen molar-refractivity contribution >= 4 is 11.9 Å². The van der Waals surface area contributed by atoms with Gasteiger partial charge in [0.25, 0.3) is 0 Å². The van der Waals surface area contributed by atoms with Crippen LogP contribution in [0.15, 0.2) is 4.99 Å². The highest BCUT2D eigenvalue weighted by Gasteiger charge is 2.32. The van der Waals surface area contributed by atoms with Crippen molar-refractivity contribution in [2.75, 3.05) is 39.5 Å². The summed E-state index contributed by atoms with van der Waals surface area (Å²) in [7, 11) is 0. The number of piperidine rings is 1. The van der Waals surface area contributed by atoms with E-state index in [1.54, 1.807) is 0 Å². The van der Waals surface area contributed by atoms with Crippen LogP contribution in [0.1, 0.15) is 32.6 Å². The third kappa shape index (κ3) is 4.84. The van der Waals surface area contributed by atoms with Crippen molar-refractivity contribution in [1.29, 1.82) is 0 Å². The molecule has 0 saturated carbocycles. The first-order valence-electron chi connectivity index (χ1n) is 8.17. The number of nitrogens with one attached hydrogen (secondary N) is 3. The molecule has 22 heavy (non-hydrogen) atoms. The summed E-state index contributed by atoms with van der Waals surface area (Å²) in [5.41, 5.74) is -0.165. The van der Waals surface area contributed by atoms with E-state index in [1.165, 1.54) is 0 Å². The fourth-order valence-electron chi connectivity index (χ4n) is 2.79. The fourth-order valence-corrected chi connectivity index (χ4v) is 2.79. The second-order valence-corrected chi connectivity index (χ2v) is 6.15. The largest absolute Gasteiger partial charge is 0.396 e. The Morgan fingerprint density at radius 2 is 2.27 bits per heavy atom. The molecule has 0 spiro atoms. The second kappa shape index (κ2) is 8.33. The van der Waals surface area contributed by atoms with Crippen molar-refractivity contribution in [1.82, 2.24) is 16.0 Å². The lowest BCUT2D eigenvalue weighted by molar-refractivity contribution is -0.122. The van der Waals surface area contributed by atoms with Gasteiger partial charge in [0.1, 0.15) is 0 Å². The lowest BCUT2D eigenvalue weighted by Gasteiger charge is -2.34. The van der Waals surface area contributed by atoms with Gasteiger partial charge >= 0.3 is 0 Å². The minimum Gasteiger partial charge on any atom is -0.396 e. The van der Waals surface area contributed by atoms with Crippen molar-refractivity contribution in [2.24, 2.45) is 10.4 Å². The molecular formula is C15H28N4O3. The highest BCUT2D eigenvalue weighted by Crippen LogP contribution is 2.30. The molecule has 0 bridgehead atoms. The van der Waals surface area contributed by atoms with E-state index >= 15 is 0 Å². The van der Waals surface area contributed by atoms with Gasteiger partial charge in [0, 0.05) is 44.2 Å². The first kappa shape index (κ1) is 17.0. The number of ether oxygens (including phenoxy) is 1. The van der Waals surface area contributed by atoms with Gasteiger partial charge in [-0.25, -0.2) is 0 Å². The van der Waals surface area contributed by atoms with Crippen LogP contribution in [0.4, 0.5) is 0 Å². The molecular weight excluding hydrogens is 284 g/mol. The van der Waals surface area contributed by atoms with Crippen molar-refractivity contribution in [3.05, 3.63) is 0 Å². The highest BCUT2D eigenvalue weighted by atomic mass is 16.5. The lowest BCUT2D eigenvalue weighted by atomic mass is 9.81. The normalized spacial score (nSPS) is 25.5. The first-order valence-corrected chi connectivity index (χ1v) is 8.17. The number of amides is 1. The summed E-state index contributed by atoms with van der Waals surface area (Å²) < 4.78 is 5.38. The summed E-state index contributed by atoms with van der Waals surface area (Å²) in [6, 6.07) is 0.204. The Balaban J connectivity index is 1.92. The zero-order chi connectivity index (χ0) is 15.8. The number of carbonyl (C=O) groups excluding carboxylic acids is 1. The van der Waals surface area contributed by atoms with E-state index < -0.39 is 0 Å². The monoisotopic (exact) mass is 312 g/mol. The molecule has 2 rings (SSSR count). The Morgan fingerprint density at radius 1 is 1.50 bits per heavy atom. The van der Waals surface area contributed by atoms with Crippen LogP contribution in [0.5, 0.6) is 0 Å². The second-order valence-electron chi connectivity index (χ2n) is 6.15. The molecule has 7 heteroatoms. The zero-order valence-electron chi connectivity index (χ0n) is 13.4. The number of aliphatic hydroxyl groups excluding tert-OH is 1. The van der Waals surface area contributed by atoms with Crippen molar-refractivity contribution in [3.63, 3.8) is 0 Å². The molecule has 2 fully saturated rings. The summed E-state index contributed by atoms with van der Waals surface area (Å²) >= 11 is 0. The predicted octanol–water partition coefficient (Wildman–Crippen LogP) is -0.391. The number of carbonyl (C=O) groups is 1. The van der Waals surface area contributed by atoms with Gasteiger partial charge in [0.05, 0.1) is 13.2 Å². The van der Waals surface area contributed by atoms with Crippen molar-refractivity contribution in [2.45, 2.75) is 38.6 Å². The topological polar surface area (TPSA) is 95.0 Å². The van der Waals surface area contributed by atoms with Gasteiger partial charge in [-0.2, -0.15) is 0 Å². The Hall–Kier alpha value is -1.34. The third-order valence-corrected chi connectivity index (χ3v) is 4.41. The van der Waals surface area contributed by atoms with Gasteiger partial charge in [-0.1, -0.05) is 0 Å². The molecule has 7 nitrogen and oxygen atoms in total. The molecule has 1 unspecified atom stereocenters. The molecule has 2 saturated heterocycles. The van der Waals surface area contributed by atoms with Gasteiger partial charge in [-0.05, 0) is 26.2 Å². The number of aliphatic imine (C=N–C) groups is 1. The Morgan fingerprint density at radius 3 is 2.86 bits per heavy atom. The molecule has 2 heterocycles. The summed E-state index contributed by atoms with van der Waals surface area (Å²) in [5.74, 6) is 0.865. The number of hydrogen-bond acceptors (Lipinski definition) is 4.